The number of nitrogens with zero attached hydrogens (tertiary/aromatic N) is 1. The molecular formula is C23H18N2O2. The minimum atomic E-state index is -0.305. The molecule has 0 aliphatic carbocycles. The van der Waals surface area contributed by atoms with Crippen LogP contribution in [0.4, 0.5) is 0 Å². The summed E-state index contributed by atoms with van der Waals surface area (Å²) in [5.41, 5.74) is 3.41. The van der Waals surface area contributed by atoms with Gasteiger partial charge in [0.25, 0.3) is 5.91 Å². The average Bonchev–Trinajstić information content (AvgIpc) is 2.72. The maximum atomic E-state index is 11.9. The van der Waals surface area contributed by atoms with Crippen LogP contribution in [0, 0.1) is 0 Å². The van der Waals surface area contributed by atoms with Crippen LogP contribution in [-0.2, 0) is 4.79 Å². The van der Waals surface area contributed by atoms with Gasteiger partial charge >= 0.3 is 0 Å². The standard InChI is InChI=1S/C23H18N2O2/c26-23(16-27-22-12-11-19-6-2-4-8-21(19)14-22)25-24-15-17-9-10-18-5-1-3-7-20(18)13-17/h1-15H,16H2,(H,25,26)/b24-15-. The molecule has 0 unspecified atom stereocenters. The number of carbonyl (C=O) groups is 1. The van der Waals surface area contributed by atoms with Gasteiger partial charge in [-0.2, -0.15) is 5.10 Å². The monoisotopic (exact) mass is 354 g/mol. The molecule has 4 aromatic rings. The fraction of sp³-hybridized carbons (Fsp3) is 0.0435. The van der Waals surface area contributed by atoms with E-state index >= 15 is 0 Å². The molecule has 0 saturated heterocycles. The second kappa shape index (κ2) is 7.70. The number of rotatable bonds is 5. The summed E-state index contributed by atoms with van der Waals surface area (Å²) in [7, 11) is 0. The number of carbonyl (C=O) groups excluding carboxylic acids is 1. The zero-order chi connectivity index (χ0) is 18.5. The number of hydrogen-bond acceptors (Lipinski definition) is 3. The van der Waals surface area contributed by atoms with Crippen LogP contribution in [0.2, 0.25) is 0 Å². The molecule has 0 radical (unpaired) electrons. The van der Waals surface area contributed by atoms with Crippen LogP contribution >= 0.6 is 0 Å². The van der Waals surface area contributed by atoms with Crippen molar-refractivity contribution in [1.29, 1.82) is 0 Å². The van der Waals surface area contributed by atoms with Crippen molar-refractivity contribution in [3.8, 4) is 5.75 Å². The van der Waals surface area contributed by atoms with E-state index in [4.69, 9.17) is 4.74 Å². The number of hydrogen-bond donors (Lipinski definition) is 1. The van der Waals surface area contributed by atoms with Gasteiger partial charge in [-0.3, -0.25) is 4.79 Å². The van der Waals surface area contributed by atoms with Crippen LogP contribution in [0.3, 0.4) is 0 Å². The van der Waals surface area contributed by atoms with Crippen LogP contribution in [0.1, 0.15) is 5.56 Å². The SMILES string of the molecule is O=C(COc1ccc2ccccc2c1)N/N=C\c1ccc2ccccc2c1. The van der Waals surface area contributed by atoms with E-state index < -0.39 is 0 Å². The molecule has 4 heteroatoms. The van der Waals surface area contributed by atoms with Crippen molar-refractivity contribution in [3.05, 3.63) is 90.5 Å². The van der Waals surface area contributed by atoms with Gasteiger partial charge < -0.3 is 4.74 Å². The van der Waals surface area contributed by atoms with Crippen LogP contribution in [0.5, 0.6) is 5.75 Å². The van der Waals surface area contributed by atoms with E-state index in [9.17, 15) is 4.79 Å². The maximum Gasteiger partial charge on any atom is 0.277 e. The van der Waals surface area contributed by atoms with Crippen molar-refractivity contribution < 1.29 is 9.53 Å². The molecule has 1 N–H and O–H groups in total. The summed E-state index contributed by atoms with van der Waals surface area (Å²) < 4.78 is 5.55. The third-order valence-corrected chi connectivity index (χ3v) is 4.27. The zero-order valence-electron chi connectivity index (χ0n) is 14.6. The molecule has 132 valence electrons. The Morgan fingerprint density at radius 1 is 0.815 bits per heavy atom. The quantitative estimate of drug-likeness (QED) is 0.423. The lowest BCUT2D eigenvalue weighted by molar-refractivity contribution is -0.123. The van der Waals surface area contributed by atoms with Crippen molar-refractivity contribution in [1.82, 2.24) is 5.43 Å². The van der Waals surface area contributed by atoms with E-state index in [1.54, 1.807) is 6.21 Å². The number of fused-ring (bicyclic) bond motifs is 2. The molecule has 0 saturated carbocycles. The number of amides is 1. The van der Waals surface area contributed by atoms with Crippen LogP contribution < -0.4 is 10.2 Å². The summed E-state index contributed by atoms with van der Waals surface area (Å²) in [4.78, 5) is 11.9. The first-order chi connectivity index (χ1) is 13.3. The summed E-state index contributed by atoms with van der Waals surface area (Å²) in [6.45, 7) is -0.0899. The van der Waals surface area contributed by atoms with Gasteiger partial charge in [-0.25, -0.2) is 5.43 Å². The first-order valence-corrected chi connectivity index (χ1v) is 8.70. The third-order valence-electron chi connectivity index (χ3n) is 4.27. The highest BCUT2D eigenvalue weighted by atomic mass is 16.5. The summed E-state index contributed by atoms with van der Waals surface area (Å²) in [6.07, 6.45) is 1.63. The Morgan fingerprint density at radius 2 is 1.44 bits per heavy atom. The Labute approximate surface area is 157 Å². The van der Waals surface area contributed by atoms with E-state index in [0.717, 1.165) is 21.7 Å². The Bertz CT molecular complexity index is 1140. The zero-order valence-corrected chi connectivity index (χ0v) is 14.6. The summed E-state index contributed by atoms with van der Waals surface area (Å²) >= 11 is 0. The highest BCUT2D eigenvalue weighted by Gasteiger charge is 2.02. The van der Waals surface area contributed by atoms with Gasteiger partial charge in [0, 0.05) is 0 Å². The predicted molar refractivity (Wildman–Crippen MR) is 109 cm³/mol. The van der Waals surface area contributed by atoms with Gasteiger partial charge in [-0.1, -0.05) is 66.7 Å². The summed E-state index contributed by atoms with van der Waals surface area (Å²) in [5, 5.41) is 8.51. The first-order valence-electron chi connectivity index (χ1n) is 8.70. The highest BCUT2D eigenvalue weighted by Crippen LogP contribution is 2.20. The average molecular weight is 354 g/mol. The molecule has 27 heavy (non-hydrogen) atoms. The number of hydrazone groups is 1. The molecule has 4 rings (SSSR count). The molecule has 1 amide bonds. The van der Waals surface area contributed by atoms with E-state index in [-0.39, 0.29) is 12.5 Å². The molecule has 0 spiro atoms. The largest absolute Gasteiger partial charge is 0.484 e. The smallest absolute Gasteiger partial charge is 0.277 e. The maximum absolute atomic E-state index is 11.9. The Hall–Kier alpha value is -3.66. The summed E-state index contributed by atoms with van der Waals surface area (Å²) in [5.74, 6) is 0.350. The van der Waals surface area contributed by atoms with Crippen molar-refractivity contribution in [2.75, 3.05) is 6.61 Å². The molecule has 4 nitrogen and oxygen atoms in total. The fourth-order valence-corrected chi connectivity index (χ4v) is 2.91. The molecule has 0 atom stereocenters. The topological polar surface area (TPSA) is 50.7 Å². The predicted octanol–water partition coefficient (Wildman–Crippen LogP) is 4.52. The highest BCUT2D eigenvalue weighted by molar-refractivity contribution is 5.91. The molecular weight excluding hydrogens is 336 g/mol. The van der Waals surface area contributed by atoms with E-state index in [2.05, 4.69) is 16.6 Å². The van der Waals surface area contributed by atoms with Crippen LogP contribution in [0.25, 0.3) is 21.5 Å². The number of benzene rings is 4. The normalized spacial score (nSPS) is 11.1. The first kappa shape index (κ1) is 16.8. The van der Waals surface area contributed by atoms with E-state index in [1.807, 2.05) is 78.9 Å². The lowest BCUT2D eigenvalue weighted by Gasteiger charge is -2.06. The van der Waals surface area contributed by atoms with E-state index in [1.165, 1.54) is 5.39 Å². The van der Waals surface area contributed by atoms with Crippen molar-refractivity contribution >= 4 is 33.7 Å². The Morgan fingerprint density at radius 3 is 2.19 bits per heavy atom. The third kappa shape index (κ3) is 4.12. The van der Waals surface area contributed by atoms with Gasteiger partial charge in [0.1, 0.15) is 5.75 Å². The van der Waals surface area contributed by atoms with Crippen LogP contribution in [0.15, 0.2) is 90.0 Å². The molecule has 4 aromatic carbocycles. The number of ether oxygens (including phenoxy) is 1. The van der Waals surface area contributed by atoms with Gasteiger partial charge in [-0.15, -0.1) is 0 Å². The molecule has 0 heterocycles. The lowest BCUT2D eigenvalue weighted by Crippen LogP contribution is -2.24. The van der Waals surface area contributed by atoms with Gasteiger partial charge in [0.15, 0.2) is 6.61 Å². The van der Waals surface area contributed by atoms with Crippen molar-refractivity contribution in [2.24, 2.45) is 5.10 Å². The van der Waals surface area contributed by atoms with Gasteiger partial charge in [0.05, 0.1) is 6.21 Å². The molecule has 0 fully saturated rings. The van der Waals surface area contributed by atoms with Crippen molar-refractivity contribution in [3.63, 3.8) is 0 Å². The second-order valence-electron chi connectivity index (χ2n) is 6.20. The molecule has 0 aromatic heterocycles. The molecule has 0 bridgehead atoms. The van der Waals surface area contributed by atoms with Gasteiger partial charge in [0.2, 0.25) is 0 Å². The minimum Gasteiger partial charge on any atom is -0.484 e. The number of nitrogens with one attached hydrogen (secondary N) is 1. The van der Waals surface area contributed by atoms with E-state index in [0.29, 0.717) is 5.75 Å². The minimum absolute atomic E-state index is 0.0899. The second-order valence-corrected chi connectivity index (χ2v) is 6.20. The van der Waals surface area contributed by atoms with Crippen molar-refractivity contribution in [2.45, 2.75) is 0 Å². The molecule has 0 aliphatic rings. The fourth-order valence-electron chi connectivity index (χ4n) is 2.91. The summed E-state index contributed by atoms with van der Waals surface area (Å²) in [6, 6.07) is 27.9. The van der Waals surface area contributed by atoms with Gasteiger partial charge in [-0.05, 0) is 45.3 Å². The molecule has 0 aliphatic heterocycles. The van der Waals surface area contributed by atoms with Crippen LogP contribution in [-0.4, -0.2) is 18.7 Å². The Balaban J connectivity index is 1.33. The lowest BCUT2D eigenvalue weighted by atomic mass is 10.1. The Kier molecular flexibility index (Phi) is 4.79.